The molecule has 0 fully saturated rings. The molecule has 1 heterocycles. The maximum atomic E-state index is 13.6. The molecule has 3 nitrogen and oxygen atoms in total. The Balaban J connectivity index is 2.29. The third-order valence-corrected chi connectivity index (χ3v) is 4.12. The highest BCUT2D eigenvalue weighted by Gasteiger charge is 2.19. The molecular formula is C13H11Br2F2N3. The van der Waals surface area contributed by atoms with Crippen LogP contribution in [0.3, 0.4) is 0 Å². The molecule has 3 N–H and O–H groups in total. The van der Waals surface area contributed by atoms with Gasteiger partial charge in [0.25, 0.3) is 0 Å². The molecule has 2 aromatic rings. The van der Waals surface area contributed by atoms with Crippen LogP contribution in [0.15, 0.2) is 39.4 Å². The zero-order chi connectivity index (χ0) is 14.7. The van der Waals surface area contributed by atoms with Gasteiger partial charge in [-0.25, -0.2) is 8.78 Å². The zero-order valence-electron chi connectivity index (χ0n) is 10.2. The van der Waals surface area contributed by atoms with E-state index in [4.69, 9.17) is 5.84 Å². The molecule has 20 heavy (non-hydrogen) atoms. The van der Waals surface area contributed by atoms with Gasteiger partial charge in [-0.05, 0) is 55.6 Å². The summed E-state index contributed by atoms with van der Waals surface area (Å²) in [5.41, 5.74) is 3.92. The number of nitrogens with one attached hydrogen (secondary N) is 1. The van der Waals surface area contributed by atoms with Gasteiger partial charge in [-0.1, -0.05) is 6.07 Å². The van der Waals surface area contributed by atoms with Crippen molar-refractivity contribution in [3.8, 4) is 0 Å². The van der Waals surface area contributed by atoms with Crippen molar-refractivity contribution in [1.82, 2.24) is 10.4 Å². The van der Waals surface area contributed by atoms with Crippen molar-refractivity contribution < 1.29 is 8.78 Å². The first-order valence-corrected chi connectivity index (χ1v) is 7.31. The van der Waals surface area contributed by atoms with Crippen LogP contribution in [0.1, 0.15) is 17.3 Å². The third-order valence-electron chi connectivity index (χ3n) is 2.84. The number of benzene rings is 1. The Hall–Kier alpha value is -0.890. The zero-order valence-corrected chi connectivity index (χ0v) is 13.4. The van der Waals surface area contributed by atoms with Crippen LogP contribution in [0.5, 0.6) is 0 Å². The molecular weight excluding hydrogens is 396 g/mol. The number of hydrogen-bond donors (Lipinski definition) is 2. The van der Waals surface area contributed by atoms with Crippen LogP contribution in [0.25, 0.3) is 0 Å². The van der Waals surface area contributed by atoms with E-state index in [1.807, 2.05) is 12.1 Å². The molecule has 0 radical (unpaired) electrons. The summed E-state index contributed by atoms with van der Waals surface area (Å²) in [6.45, 7) is 0. The molecule has 0 amide bonds. The average molecular weight is 407 g/mol. The average Bonchev–Trinajstić information content (AvgIpc) is 2.45. The maximum Gasteiger partial charge on any atom is 0.173 e. The van der Waals surface area contributed by atoms with E-state index in [2.05, 4.69) is 42.3 Å². The normalized spacial score (nSPS) is 12.4. The largest absolute Gasteiger partial charge is 0.271 e. The lowest BCUT2D eigenvalue weighted by Crippen LogP contribution is -2.30. The van der Waals surface area contributed by atoms with Crippen molar-refractivity contribution in [1.29, 1.82) is 0 Å². The Morgan fingerprint density at radius 2 is 1.95 bits per heavy atom. The van der Waals surface area contributed by atoms with Gasteiger partial charge in [0.1, 0.15) is 0 Å². The van der Waals surface area contributed by atoms with Crippen LogP contribution in [0.2, 0.25) is 0 Å². The molecule has 7 heteroatoms. The molecule has 0 aliphatic rings. The first-order valence-electron chi connectivity index (χ1n) is 5.73. The van der Waals surface area contributed by atoms with Crippen molar-refractivity contribution in [2.24, 2.45) is 5.84 Å². The second-order valence-electron chi connectivity index (χ2n) is 4.16. The van der Waals surface area contributed by atoms with Gasteiger partial charge in [0, 0.05) is 22.8 Å². The quantitative estimate of drug-likeness (QED) is 0.463. The van der Waals surface area contributed by atoms with Crippen LogP contribution in [-0.2, 0) is 6.42 Å². The summed E-state index contributed by atoms with van der Waals surface area (Å²) in [5, 5.41) is 0. The monoisotopic (exact) mass is 405 g/mol. The van der Waals surface area contributed by atoms with Crippen molar-refractivity contribution in [2.75, 3.05) is 0 Å². The van der Waals surface area contributed by atoms with E-state index in [9.17, 15) is 8.78 Å². The summed E-state index contributed by atoms with van der Waals surface area (Å²) in [4.78, 5) is 4.24. The minimum Gasteiger partial charge on any atom is -0.271 e. The highest BCUT2D eigenvalue weighted by atomic mass is 79.9. The number of pyridine rings is 1. The number of aromatic nitrogens is 1. The Morgan fingerprint density at radius 3 is 2.55 bits per heavy atom. The summed E-state index contributed by atoms with van der Waals surface area (Å²) in [6.07, 6.45) is 2.12. The lowest BCUT2D eigenvalue weighted by molar-refractivity contribution is 0.490. The first-order chi connectivity index (χ1) is 9.52. The summed E-state index contributed by atoms with van der Waals surface area (Å²) in [6, 6.07) is 5.88. The van der Waals surface area contributed by atoms with Crippen LogP contribution >= 0.6 is 31.9 Å². The van der Waals surface area contributed by atoms with E-state index in [1.54, 1.807) is 6.20 Å². The van der Waals surface area contributed by atoms with Gasteiger partial charge >= 0.3 is 0 Å². The number of halogens is 4. The highest BCUT2D eigenvalue weighted by molar-refractivity contribution is 9.10. The van der Waals surface area contributed by atoms with E-state index in [1.165, 1.54) is 6.07 Å². The fraction of sp³-hybridized carbons (Fsp3) is 0.154. The van der Waals surface area contributed by atoms with E-state index >= 15 is 0 Å². The molecule has 1 aromatic heterocycles. The van der Waals surface area contributed by atoms with Crippen molar-refractivity contribution in [3.05, 3.63) is 62.3 Å². The molecule has 1 unspecified atom stereocenters. The molecule has 0 spiro atoms. The van der Waals surface area contributed by atoms with Crippen molar-refractivity contribution in [2.45, 2.75) is 12.5 Å². The minimum atomic E-state index is -0.925. The number of nitrogens with two attached hydrogens (primary N) is 1. The summed E-state index contributed by atoms with van der Waals surface area (Å²) < 4.78 is 27.6. The summed E-state index contributed by atoms with van der Waals surface area (Å²) in [5.74, 6) is 3.69. The second kappa shape index (κ2) is 6.71. The van der Waals surface area contributed by atoms with Crippen LogP contribution in [0.4, 0.5) is 8.78 Å². The van der Waals surface area contributed by atoms with Gasteiger partial charge in [-0.3, -0.25) is 16.3 Å². The van der Waals surface area contributed by atoms with E-state index < -0.39 is 11.6 Å². The minimum absolute atomic E-state index is 0.0672. The lowest BCUT2D eigenvalue weighted by Gasteiger charge is -2.18. The predicted octanol–water partition coefficient (Wildman–Crippen LogP) is 3.63. The SMILES string of the molecule is NNC(Cc1ccc(Br)cn1)c1ccc(F)c(F)c1Br. The van der Waals surface area contributed by atoms with Crippen LogP contribution < -0.4 is 11.3 Å². The van der Waals surface area contributed by atoms with Gasteiger partial charge in [0.05, 0.1) is 10.5 Å². The molecule has 0 aliphatic carbocycles. The summed E-state index contributed by atoms with van der Waals surface area (Å²) >= 11 is 6.36. The number of hydrazine groups is 1. The molecule has 0 aliphatic heterocycles. The number of nitrogens with zero attached hydrogens (tertiary/aromatic N) is 1. The Kier molecular flexibility index (Phi) is 5.20. The Bertz CT molecular complexity index is 605. The van der Waals surface area contributed by atoms with Gasteiger partial charge in [-0.2, -0.15) is 0 Å². The lowest BCUT2D eigenvalue weighted by atomic mass is 10.0. The third kappa shape index (κ3) is 3.41. The van der Waals surface area contributed by atoms with Gasteiger partial charge in [0.15, 0.2) is 11.6 Å². The van der Waals surface area contributed by atoms with Crippen molar-refractivity contribution in [3.63, 3.8) is 0 Å². The summed E-state index contributed by atoms with van der Waals surface area (Å²) in [7, 11) is 0. The van der Waals surface area contributed by atoms with Gasteiger partial charge in [0.2, 0.25) is 0 Å². The fourth-order valence-electron chi connectivity index (χ4n) is 1.80. The number of rotatable bonds is 4. The number of hydrogen-bond acceptors (Lipinski definition) is 3. The van der Waals surface area contributed by atoms with Gasteiger partial charge in [-0.15, -0.1) is 0 Å². The molecule has 1 aromatic carbocycles. The molecule has 1 atom stereocenters. The smallest absolute Gasteiger partial charge is 0.173 e. The molecule has 2 rings (SSSR count). The maximum absolute atomic E-state index is 13.6. The Morgan fingerprint density at radius 1 is 1.20 bits per heavy atom. The van der Waals surface area contributed by atoms with E-state index in [0.717, 1.165) is 16.2 Å². The van der Waals surface area contributed by atoms with E-state index in [0.29, 0.717) is 12.0 Å². The molecule has 106 valence electrons. The topological polar surface area (TPSA) is 50.9 Å². The highest BCUT2D eigenvalue weighted by Crippen LogP contribution is 2.29. The molecule has 0 saturated carbocycles. The van der Waals surface area contributed by atoms with Crippen LogP contribution in [-0.4, -0.2) is 4.98 Å². The fourth-order valence-corrected chi connectivity index (χ4v) is 2.64. The second-order valence-corrected chi connectivity index (χ2v) is 5.86. The van der Waals surface area contributed by atoms with E-state index in [-0.39, 0.29) is 10.5 Å². The van der Waals surface area contributed by atoms with Gasteiger partial charge < -0.3 is 0 Å². The van der Waals surface area contributed by atoms with Crippen LogP contribution in [0, 0.1) is 11.6 Å². The first kappa shape index (κ1) is 15.5. The van der Waals surface area contributed by atoms with Crippen molar-refractivity contribution >= 4 is 31.9 Å². The molecule has 0 saturated heterocycles. The predicted molar refractivity (Wildman–Crippen MR) is 79.8 cm³/mol. The molecule has 0 bridgehead atoms. The standard InChI is InChI=1S/C13H11Br2F2N3/c14-7-1-2-8(19-6-7)5-11(20-18)9-3-4-10(16)13(17)12(9)15/h1-4,6,11,20H,5,18H2. The Labute approximate surface area is 131 Å².